The third-order valence-electron chi connectivity index (χ3n) is 3.79. The molecule has 2 N–H and O–H groups in total. The fourth-order valence-electron chi connectivity index (χ4n) is 2.70. The minimum Gasteiger partial charge on any atom is -0.330 e. The Hall–Kier alpha value is -0.930. The van der Waals surface area contributed by atoms with Crippen LogP contribution in [0.2, 0.25) is 0 Å². The Bertz CT molecular complexity index is 350. The molecule has 2 rings (SSSR count). The molecule has 3 heteroatoms. The monoisotopic (exact) mass is 250 g/mol. The van der Waals surface area contributed by atoms with E-state index in [9.17, 15) is 4.39 Å². The van der Waals surface area contributed by atoms with Crippen molar-refractivity contribution in [2.75, 3.05) is 26.2 Å². The number of likely N-dealkylation sites (tertiary alicyclic amines) is 1. The lowest BCUT2D eigenvalue weighted by Crippen LogP contribution is -2.38. The standard InChI is InChI=1S/C15H23FN2/c16-15-7-5-13(6-8-15)3-1-9-18-10-2-4-14(11-17)12-18/h5-8,14H,1-4,9-12,17H2. The Labute approximate surface area is 109 Å². The number of halogens is 1. The summed E-state index contributed by atoms with van der Waals surface area (Å²) < 4.78 is 12.8. The van der Waals surface area contributed by atoms with Crippen LogP contribution in [0, 0.1) is 11.7 Å². The van der Waals surface area contributed by atoms with Gasteiger partial charge in [-0.1, -0.05) is 12.1 Å². The van der Waals surface area contributed by atoms with Gasteiger partial charge in [-0.15, -0.1) is 0 Å². The number of nitrogens with zero attached hydrogens (tertiary/aromatic N) is 1. The van der Waals surface area contributed by atoms with Gasteiger partial charge in [0.25, 0.3) is 0 Å². The van der Waals surface area contributed by atoms with Crippen LogP contribution in [0.4, 0.5) is 4.39 Å². The van der Waals surface area contributed by atoms with E-state index >= 15 is 0 Å². The lowest BCUT2D eigenvalue weighted by atomic mass is 9.98. The summed E-state index contributed by atoms with van der Waals surface area (Å²) in [5.41, 5.74) is 6.96. The number of hydrogen-bond acceptors (Lipinski definition) is 2. The van der Waals surface area contributed by atoms with E-state index in [0.717, 1.165) is 32.5 Å². The zero-order valence-corrected chi connectivity index (χ0v) is 10.9. The van der Waals surface area contributed by atoms with Gasteiger partial charge >= 0.3 is 0 Å². The second-order valence-corrected chi connectivity index (χ2v) is 5.27. The lowest BCUT2D eigenvalue weighted by Gasteiger charge is -2.32. The predicted octanol–water partition coefficient (Wildman–Crippen LogP) is 2.43. The maximum atomic E-state index is 12.8. The molecule has 0 aliphatic carbocycles. The van der Waals surface area contributed by atoms with Crippen molar-refractivity contribution in [2.24, 2.45) is 11.7 Å². The van der Waals surface area contributed by atoms with E-state index in [-0.39, 0.29) is 5.82 Å². The molecule has 1 aromatic rings. The van der Waals surface area contributed by atoms with Gasteiger partial charge in [0.05, 0.1) is 0 Å². The first-order valence-corrected chi connectivity index (χ1v) is 6.95. The molecular formula is C15H23FN2. The van der Waals surface area contributed by atoms with Crippen LogP contribution in [0.5, 0.6) is 0 Å². The van der Waals surface area contributed by atoms with Crippen LogP contribution in [0.25, 0.3) is 0 Å². The number of nitrogens with two attached hydrogens (primary N) is 1. The maximum absolute atomic E-state index is 12.8. The molecule has 0 spiro atoms. The first-order valence-electron chi connectivity index (χ1n) is 6.95. The molecule has 1 aromatic carbocycles. The van der Waals surface area contributed by atoms with Crippen LogP contribution in [0.15, 0.2) is 24.3 Å². The van der Waals surface area contributed by atoms with Crippen molar-refractivity contribution in [3.05, 3.63) is 35.6 Å². The molecule has 1 aliphatic rings. The summed E-state index contributed by atoms with van der Waals surface area (Å²) in [5.74, 6) is 0.533. The fraction of sp³-hybridized carbons (Fsp3) is 0.600. The van der Waals surface area contributed by atoms with Gasteiger partial charge in [0.15, 0.2) is 0 Å². The summed E-state index contributed by atoms with van der Waals surface area (Å²) in [6.45, 7) is 4.31. The zero-order valence-electron chi connectivity index (χ0n) is 10.9. The fourth-order valence-corrected chi connectivity index (χ4v) is 2.70. The molecule has 1 unspecified atom stereocenters. The molecule has 0 bridgehead atoms. The predicted molar refractivity (Wildman–Crippen MR) is 72.9 cm³/mol. The third-order valence-corrected chi connectivity index (χ3v) is 3.79. The number of rotatable bonds is 5. The molecule has 0 amide bonds. The Morgan fingerprint density at radius 1 is 1.28 bits per heavy atom. The lowest BCUT2D eigenvalue weighted by molar-refractivity contribution is 0.176. The normalized spacial score (nSPS) is 21.1. The second-order valence-electron chi connectivity index (χ2n) is 5.27. The van der Waals surface area contributed by atoms with E-state index in [1.807, 2.05) is 12.1 Å². The first kappa shape index (κ1) is 13.5. The van der Waals surface area contributed by atoms with E-state index in [1.165, 1.54) is 24.9 Å². The van der Waals surface area contributed by atoms with E-state index in [0.29, 0.717) is 5.92 Å². The van der Waals surface area contributed by atoms with E-state index < -0.39 is 0 Å². The van der Waals surface area contributed by atoms with Gasteiger partial charge in [0, 0.05) is 6.54 Å². The summed E-state index contributed by atoms with van der Waals surface area (Å²) in [5, 5.41) is 0. The van der Waals surface area contributed by atoms with Crippen molar-refractivity contribution in [3.63, 3.8) is 0 Å². The second kappa shape index (κ2) is 6.86. The summed E-state index contributed by atoms with van der Waals surface area (Å²) in [6, 6.07) is 6.85. The average Bonchev–Trinajstić information content (AvgIpc) is 2.41. The summed E-state index contributed by atoms with van der Waals surface area (Å²) in [6.07, 6.45) is 4.73. The van der Waals surface area contributed by atoms with Gasteiger partial charge in [-0.2, -0.15) is 0 Å². The quantitative estimate of drug-likeness (QED) is 0.869. The van der Waals surface area contributed by atoms with E-state index in [2.05, 4.69) is 4.90 Å². The van der Waals surface area contributed by atoms with Crippen LogP contribution in [-0.2, 0) is 6.42 Å². The van der Waals surface area contributed by atoms with E-state index in [1.54, 1.807) is 12.1 Å². The average molecular weight is 250 g/mol. The minimum absolute atomic E-state index is 0.152. The van der Waals surface area contributed by atoms with Crippen molar-refractivity contribution < 1.29 is 4.39 Å². The summed E-state index contributed by atoms with van der Waals surface area (Å²) in [7, 11) is 0. The van der Waals surface area contributed by atoms with Crippen molar-refractivity contribution >= 4 is 0 Å². The molecule has 0 aromatic heterocycles. The van der Waals surface area contributed by atoms with Gasteiger partial charge < -0.3 is 10.6 Å². The molecule has 1 heterocycles. The number of benzene rings is 1. The smallest absolute Gasteiger partial charge is 0.123 e. The maximum Gasteiger partial charge on any atom is 0.123 e. The van der Waals surface area contributed by atoms with Gasteiger partial charge in [0.1, 0.15) is 5.82 Å². The van der Waals surface area contributed by atoms with Gasteiger partial charge in [-0.3, -0.25) is 0 Å². The van der Waals surface area contributed by atoms with Crippen molar-refractivity contribution in [3.8, 4) is 0 Å². The molecule has 0 saturated carbocycles. The molecule has 2 nitrogen and oxygen atoms in total. The number of piperidine rings is 1. The minimum atomic E-state index is -0.152. The highest BCUT2D eigenvalue weighted by atomic mass is 19.1. The van der Waals surface area contributed by atoms with Gasteiger partial charge in [0.2, 0.25) is 0 Å². The first-order chi connectivity index (χ1) is 8.78. The van der Waals surface area contributed by atoms with Crippen molar-refractivity contribution in [1.82, 2.24) is 4.90 Å². The highest BCUT2D eigenvalue weighted by Crippen LogP contribution is 2.16. The van der Waals surface area contributed by atoms with Crippen LogP contribution in [-0.4, -0.2) is 31.1 Å². The highest BCUT2D eigenvalue weighted by Gasteiger charge is 2.17. The molecule has 18 heavy (non-hydrogen) atoms. The van der Waals surface area contributed by atoms with Crippen LogP contribution >= 0.6 is 0 Å². The number of aryl methyl sites for hydroxylation is 1. The molecule has 1 saturated heterocycles. The highest BCUT2D eigenvalue weighted by molar-refractivity contribution is 5.15. The summed E-state index contributed by atoms with van der Waals surface area (Å²) >= 11 is 0. The Morgan fingerprint density at radius 3 is 2.78 bits per heavy atom. The molecule has 1 fully saturated rings. The van der Waals surface area contributed by atoms with E-state index in [4.69, 9.17) is 5.73 Å². The largest absolute Gasteiger partial charge is 0.330 e. The third kappa shape index (κ3) is 4.07. The molecule has 100 valence electrons. The van der Waals surface area contributed by atoms with Crippen LogP contribution < -0.4 is 5.73 Å². The molecule has 0 radical (unpaired) electrons. The van der Waals surface area contributed by atoms with Gasteiger partial charge in [-0.05, 0) is 68.9 Å². The zero-order chi connectivity index (χ0) is 12.8. The molecule has 1 atom stereocenters. The van der Waals surface area contributed by atoms with Gasteiger partial charge in [-0.25, -0.2) is 4.39 Å². The summed E-state index contributed by atoms with van der Waals surface area (Å²) in [4.78, 5) is 2.52. The van der Waals surface area contributed by atoms with Crippen LogP contribution in [0.1, 0.15) is 24.8 Å². The Morgan fingerprint density at radius 2 is 2.06 bits per heavy atom. The topological polar surface area (TPSA) is 29.3 Å². The molecule has 1 aliphatic heterocycles. The van der Waals surface area contributed by atoms with Crippen molar-refractivity contribution in [2.45, 2.75) is 25.7 Å². The van der Waals surface area contributed by atoms with Crippen LogP contribution in [0.3, 0.4) is 0 Å². The Kier molecular flexibility index (Phi) is 5.14. The number of hydrogen-bond donors (Lipinski definition) is 1. The molecular weight excluding hydrogens is 227 g/mol. The SMILES string of the molecule is NCC1CCCN(CCCc2ccc(F)cc2)C1. The Balaban J connectivity index is 1.70. The van der Waals surface area contributed by atoms with Crippen molar-refractivity contribution in [1.29, 1.82) is 0 Å².